The molecule has 2 aromatic carbocycles. The number of aliphatic carboxylic acids is 1. The lowest BCUT2D eigenvalue weighted by Gasteiger charge is -2.07. The highest BCUT2D eigenvalue weighted by atomic mass is 16.6. The molecular weight excluding hydrogens is 354 g/mol. The van der Waals surface area contributed by atoms with Crippen LogP contribution in [0.15, 0.2) is 54.7 Å². The number of benzene rings is 2. The fraction of sp³-hybridized carbons (Fsp3) is 0.111. The number of carbonyl (C=O) groups is 2. The predicted molar refractivity (Wildman–Crippen MR) is 95.6 cm³/mol. The fourth-order valence-electron chi connectivity index (χ4n) is 2.74. The number of hydrogen-bond donors (Lipinski definition) is 2. The summed E-state index contributed by atoms with van der Waals surface area (Å²) in [6.45, 7) is 0. The van der Waals surface area contributed by atoms with Crippen molar-refractivity contribution in [3.8, 4) is 5.75 Å². The molecule has 0 saturated carbocycles. The molecule has 1 heterocycles. The number of ether oxygens (including phenoxy) is 1. The third kappa shape index (κ3) is 3.77. The maximum Gasteiger partial charge on any atom is 0.423 e. The Labute approximate surface area is 152 Å². The minimum absolute atomic E-state index is 0.122. The number of carbonyl (C=O) groups excluding carboxylic acids is 1. The van der Waals surface area contributed by atoms with Gasteiger partial charge in [-0.15, -0.1) is 0 Å². The SMILES string of the molecule is N[C@@H](CC(=O)O)c1cn(C(=O)Oc2ccc([N+](=O)[O-])cc2)c2ccccc12. The largest absolute Gasteiger partial charge is 0.481 e. The summed E-state index contributed by atoms with van der Waals surface area (Å²) in [6.07, 6.45) is 0.422. The molecule has 3 N–H and O–H groups in total. The molecule has 0 spiro atoms. The highest BCUT2D eigenvalue weighted by Gasteiger charge is 2.20. The zero-order valence-corrected chi connectivity index (χ0v) is 13.9. The van der Waals surface area contributed by atoms with Crippen molar-refractivity contribution in [3.63, 3.8) is 0 Å². The summed E-state index contributed by atoms with van der Waals surface area (Å²) >= 11 is 0. The lowest BCUT2D eigenvalue weighted by molar-refractivity contribution is -0.384. The molecule has 0 fully saturated rings. The second-order valence-electron chi connectivity index (χ2n) is 5.79. The van der Waals surface area contributed by atoms with Gasteiger partial charge in [0, 0.05) is 29.8 Å². The first kappa shape index (κ1) is 18.1. The number of aromatic nitrogens is 1. The monoisotopic (exact) mass is 369 g/mol. The van der Waals surface area contributed by atoms with Gasteiger partial charge in [0.1, 0.15) is 5.75 Å². The van der Waals surface area contributed by atoms with Gasteiger partial charge in [-0.05, 0) is 23.8 Å². The van der Waals surface area contributed by atoms with E-state index in [2.05, 4.69) is 0 Å². The Morgan fingerprint density at radius 1 is 1.19 bits per heavy atom. The molecule has 3 aromatic rings. The number of para-hydroxylation sites is 1. The molecule has 27 heavy (non-hydrogen) atoms. The summed E-state index contributed by atoms with van der Waals surface area (Å²) < 4.78 is 6.49. The Morgan fingerprint density at radius 2 is 1.85 bits per heavy atom. The predicted octanol–water partition coefficient (Wildman–Crippen LogP) is 3.07. The molecule has 9 heteroatoms. The van der Waals surface area contributed by atoms with Crippen molar-refractivity contribution in [1.82, 2.24) is 4.57 Å². The van der Waals surface area contributed by atoms with E-state index in [0.717, 1.165) is 0 Å². The first-order valence-electron chi connectivity index (χ1n) is 7.91. The smallest absolute Gasteiger partial charge is 0.423 e. The fourth-order valence-corrected chi connectivity index (χ4v) is 2.74. The molecule has 0 amide bonds. The maximum atomic E-state index is 12.6. The van der Waals surface area contributed by atoms with Crippen molar-refractivity contribution in [2.75, 3.05) is 0 Å². The molecule has 138 valence electrons. The Kier molecular flexibility index (Phi) is 4.86. The average Bonchev–Trinajstić information content (AvgIpc) is 3.01. The number of non-ortho nitro benzene ring substituents is 1. The third-order valence-electron chi connectivity index (χ3n) is 3.99. The second-order valence-corrected chi connectivity index (χ2v) is 5.79. The lowest BCUT2D eigenvalue weighted by Crippen LogP contribution is -2.17. The van der Waals surface area contributed by atoms with Gasteiger partial charge in [-0.25, -0.2) is 4.79 Å². The van der Waals surface area contributed by atoms with Crippen LogP contribution in [-0.2, 0) is 4.79 Å². The molecule has 3 rings (SSSR count). The Balaban J connectivity index is 1.92. The minimum Gasteiger partial charge on any atom is -0.481 e. The van der Waals surface area contributed by atoms with Crippen molar-refractivity contribution in [3.05, 3.63) is 70.4 Å². The van der Waals surface area contributed by atoms with Gasteiger partial charge in [0.05, 0.1) is 16.9 Å². The van der Waals surface area contributed by atoms with Crippen LogP contribution in [0.2, 0.25) is 0 Å². The van der Waals surface area contributed by atoms with Gasteiger partial charge >= 0.3 is 12.1 Å². The standard InChI is InChI=1S/C18H15N3O6/c19-15(9-17(22)23)14-10-20(16-4-2-1-3-13(14)16)18(24)27-12-7-5-11(6-8-12)21(25)26/h1-8,10,15H,9,19H2,(H,22,23)/t15-/m0/s1. The van der Waals surface area contributed by atoms with Crippen LogP contribution in [0.4, 0.5) is 10.5 Å². The van der Waals surface area contributed by atoms with Crippen LogP contribution in [0.25, 0.3) is 10.9 Å². The van der Waals surface area contributed by atoms with Crippen LogP contribution in [-0.4, -0.2) is 26.7 Å². The first-order valence-corrected chi connectivity index (χ1v) is 7.91. The Bertz CT molecular complexity index is 1030. The van der Waals surface area contributed by atoms with Crippen LogP contribution in [0.5, 0.6) is 5.75 Å². The van der Waals surface area contributed by atoms with Gasteiger partial charge in [-0.3, -0.25) is 19.5 Å². The maximum absolute atomic E-state index is 12.6. The van der Waals surface area contributed by atoms with E-state index in [1.54, 1.807) is 24.3 Å². The number of nitro benzene ring substituents is 1. The van der Waals surface area contributed by atoms with Crippen molar-refractivity contribution in [1.29, 1.82) is 0 Å². The van der Waals surface area contributed by atoms with Crippen molar-refractivity contribution >= 4 is 28.7 Å². The Morgan fingerprint density at radius 3 is 2.48 bits per heavy atom. The number of fused-ring (bicyclic) bond motifs is 1. The highest BCUT2D eigenvalue weighted by molar-refractivity contribution is 5.93. The lowest BCUT2D eigenvalue weighted by atomic mass is 10.0. The summed E-state index contributed by atoms with van der Waals surface area (Å²) in [6, 6.07) is 11.2. The molecule has 1 aromatic heterocycles. The summed E-state index contributed by atoms with van der Waals surface area (Å²) in [5, 5.41) is 20.3. The van der Waals surface area contributed by atoms with E-state index in [-0.39, 0.29) is 17.9 Å². The van der Waals surface area contributed by atoms with E-state index in [4.69, 9.17) is 15.6 Å². The van der Waals surface area contributed by atoms with Crippen LogP contribution in [0.1, 0.15) is 18.0 Å². The quantitative estimate of drug-likeness (QED) is 0.520. The van der Waals surface area contributed by atoms with E-state index in [1.165, 1.54) is 35.0 Å². The summed E-state index contributed by atoms with van der Waals surface area (Å²) in [5.74, 6) is -0.910. The second kappa shape index (κ2) is 7.26. The molecule has 9 nitrogen and oxygen atoms in total. The van der Waals surface area contributed by atoms with Crippen LogP contribution in [0.3, 0.4) is 0 Å². The minimum atomic E-state index is -1.05. The van der Waals surface area contributed by atoms with Crippen LogP contribution < -0.4 is 10.5 Å². The van der Waals surface area contributed by atoms with Gasteiger partial charge in [0.25, 0.3) is 5.69 Å². The highest BCUT2D eigenvalue weighted by Crippen LogP contribution is 2.28. The average molecular weight is 369 g/mol. The van der Waals surface area contributed by atoms with E-state index < -0.39 is 23.0 Å². The molecule has 0 aliphatic rings. The number of nitrogens with two attached hydrogens (primary N) is 1. The number of carboxylic acid groups (broad SMARTS) is 1. The van der Waals surface area contributed by atoms with E-state index in [0.29, 0.717) is 16.5 Å². The third-order valence-corrected chi connectivity index (χ3v) is 3.99. The van der Waals surface area contributed by atoms with E-state index in [9.17, 15) is 19.7 Å². The van der Waals surface area contributed by atoms with Crippen molar-refractivity contribution < 1.29 is 24.4 Å². The molecule has 0 aliphatic carbocycles. The topological polar surface area (TPSA) is 138 Å². The Hall–Kier alpha value is -3.72. The molecule has 0 radical (unpaired) electrons. The van der Waals surface area contributed by atoms with Crippen LogP contribution >= 0.6 is 0 Å². The van der Waals surface area contributed by atoms with Crippen LogP contribution in [0, 0.1) is 10.1 Å². The normalized spacial score (nSPS) is 11.9. The number of hydrogen-bond acceptors (Lipinski definition) is 6. The summed E-state index contributed by atoms with van der Waals surface area (Å²) in [4.78, 5) is 33.6. The summed E-state index contributed by atoms with van der Waals surface area (Å²) in [7, 11) is 0. The van der Waals surface area contributed by atoms with E-state index >= 15 is 0 Å². The summed E-state index contributed by atoms with van der Waals surface area (Å²) in [5.41, 5.74) is 6.86. The van der Waals surface area contributed by atoms with Gasteiger partial charge in [0.15, 0.2) is 0 Å². The zero-order chi connectivity index (χ0) is 19.6. The van der Waals surface area contributed by atoms with Gasteiger partial charge in [-0.1, -0.05) is 18.2 Å². The first-order chi connectivity index (χ1) is 12.9. The van der Waals surface area contributed by atoms with Gasteiger partial charge in [0.2, 0.25) is 0 Å². The molecule has 0 bridgehead atoms. The molecule has 0 aliphatic heterocycles. The zero-order valence-electron chi connectivity index (χ0n) is 13.9. The van der Waals surface area contributed by atoms with Gasteiger partial charge < -0.3 is 15.6 Å². The van der Waals surface area contributed by atoms with Crippen molar-refractivity contribution in [2.24, 2.45) is 5.73 Å². The molecule has 0 saturated heterocycles. The van der Waals surface area contributed by atoms with Crippen molar-refractivity contribution in [2.45, 2.75) is 12.5 Å². The molecular formula is C18H15N3O6. The molecule has 1 atom stereocenters. The number of nitrogens with zero attached hydrogens (tertiary/aromatic N) is 2. The van der Waals surface area contributed by atoms with E-state index in [1.807, 2.05) is 0 Å². The number of nitro groups is 1. The molecule has 0 unspecified atom stereocenters. The van der Waals surface area contributed by atoms with Gasteiger partial charge in [-0.2, -0.15) is 0 Å². The number of carboxylic acids is 1. The number of rotatable bonds is 5.